The summed E-state index contributed by atoms with van der Waals surface area (Å²) in [5.41, 5.74) is 0.935. The summed E-state index contributed by atoms with van der Waals surface area (Å²) in [6.07, 6.45) is 1.90. The summed E-state index contributed by atoms with van der Waals surface area (Å²) in [5.74, 6) is 0.491. The number of anilines is 1. The Morgan fingerprint density at radius 2 is 1.93 bits per heavy atom. The van der Waals surface area contributed by atoms with Gasteiger partial charge in [0.15, 0.2) is 5.82 Å². The van der Waals surface area contributed by atoms with E-state index < -0.39 is 5.97 Å². The summed E-state index contributed by atoms with van der Waals surface area (Å²) < 4.78 is 5.51. The van der Waals surface area contributed by atoms with Gasteiger partial charge < -0.3 is 14.7 Å². The quantitative estimate of drug-likeness (QED) is 0.847. The smallest absolute Gasteiger partial charge is 0.303 e. The molecule has 2 saturated heterocycles. The third kappa shape index (κ3) is 3.95. The van der Waals surface area contributed by atoms with E-state index in [1.807, 2.05) is 19.1 Å². The molecule has 0 radical (unpaired) electrons. The minimum atomic E-state index is -0.724. The maximum Gasteiger partial charge on any atom is 0.303 e. The highest BCUT2D eigenvalue weighted by atomic mass is 16.5. The molecule has 2 aliphatic heterocycles. The van der Waals surface area contributed by atoms with Crippen molar-refractivity contribution in [3.05, 3.63) is 30.0 Å². The van der Waals surface area contributed by atoms with E-state index in [2.05, 4.69) is 32.1 Å². The van der Waals surface area contributed by atoms with Crippen molar-refractivity contribution in [2.45, 2.75) is 32.2 Å². The van der Waals surface area contributed by atoms with E-state index in [4.69, 9.17) is 4.74 Å². The second-order valence-electron chi connectivity index (χ2n) is 7.80. The summed E-state index contributed by atoms with van der Waals surface area (Å²) in [4.78, 5) is 16.0. The Labute approximate surface area is 165 Å². The lowest BCUT2D eigenvalue weighted by Crippen LogP contribution is -2.54. The first-order chi connectivity index (χ1) is 13.6. The van der Waals surface area contributed by atoms with Crippen LogP contribution in [0.4, 0.5) is 5.82 Å². The number of benzene rings is 1. The number of fused-ring (bicyclic) bond motifs is 1. The summed E-state index contributed by atoms with van der Waals surface area (Å²) in [6.45, 7) is 7.10. The van der Waals surface area contributed by atoms with Gasteiger partial charge in [-0.05, 0) is 25.7 Å². The van der Waals surface area contributed by atoms with Crippen LogP contribution in [0.25, 0.3) is 10.8 Å². The number of rotatable bonds is 5. The van der Waals surface area contributed by atoms with Crippen LogP contribution in [0, 0.1) is 12.8 Å². The normalized spacial score (nSPS) is 23.8. The number of hydrogen-bond acceptors (Lipinski definition) is 6. The largest absolute Gasteiger partial charge is 0.481 e. The van der Waals surface area contributed by atoms with Crippen molar-refractivity contribution in [1.29, 1.82) is 0 Å². The molecule has 0 aliphatic carbocycles. The fourth-order valence-electron chi connectivity index (χ4n) is 4.65. The number of morpholine rings is 1. The third-order valence-corrected chi connectivity index (χ3v) is 6.09. The Morgan fingerprint density at radius 3 is 2.68 bits per heavy atom. The standard InChI is InChI=1S/C21H28N4O3/c1-15-17-4-2-3-5-18(17)21(23-22-15)25-9-8-19(24-10-12-28-13-11-24)16(14-25)6-7-20(26)27/h2-5,16,19H,6-14H2,1H3,(H,26,27)/t16-,19+/m1/s1. The van der Waals surface area contributed by atoms with Crippen molar-refractivity contribution in [1.82, 2.24) is 15.1 Å². The van der Waals surface area contributed by atoms with Crippen LogP contribution in [-0.4, -0.2) is 71.6 Å². The van der Waals surface area contributed by atoms with E-state index in [1.165, 1.54) is 0 Å². The van der Waals surface area contributed by atoms with Gasteiger partial charge in [-0.3, -0.25) is 9.69 Å². The molecule has 0 saturated carbocycles. The maximum atomic E-state index is 11.2. The van der Waals surface area contributed by atoms with Gasteiger partial charge in [0.05, 0.1) is 18.9 Å². The first kappa shape index (κ1) is 19.1. The van der Waals surface area contributed by atoms with E-state index in [0.717, 1.165) is 68.1 Å². The van der Waals surface area contributed by atoms with Crippen LogP contribution in [0.2, 0.25) is 0 Å². The molecule has 28 heavy (non-hydrogen) atoms. The van der Waals surface area contributed by atoms with Crippen LogP contribution in [0.1, 0.15) is 25.0 Å². The molecule has 150 valence electrons. The van der Waals surface area contributed by atoms with E-state index >= 15 is 0 Å². The van der Waals surface area contributed by atoms with Gasteiger partial charge in [-0.15, -0.1) is 5.10 Å². The van der Waals surface area contributed by atoms with Crippen LogP contribution in [0.5, 0.6) is 0 Å². The summed E-state index contributed by atoms with van der Waals surface area (Å²) in [7, 11) is 0. The molecular formula is C21H28N4O3. The number of aryl methyl sites for hydroxylation is 1. The lowest BCUT2D eigenvalue weighted by atomic mass is 9.86. The van der Waals surface area contributed by atoms with Crippen molar-refractivity contribution in [3.63, 3.8) is 0 Å². The third-order valence-electron chi connectivity index (χ3n) is 6.09. The highest BCUT2D eigenvalue weighted by Crippen LogP contribution is 2.32. The van der Waals surface area contributed by atoms with Gasteiger partial charge in [0.1, 0.15) is 0 Å². The molecule has 1 aromatic heterocycles. The zero-order chi connectivity index (χ0) is 19.5. The number of carboxylic acids is 1. The molecule has 2 fully saturated rings. The fourth-order valence-corrected chi connectivity index (χ4v) is 4.65. The van der Waals surface area contributed by atoms with Crippen LogP contribution in [-0.2, 0) is 9.53 Å². The van der Waals surface area contributed by atoms with Crippen LogP contribution >= 0.6 is 0 Å². The van der Waals surface area contributed by atoms with Crippen LogP contribution < -0.4 is 4.90 Å². The molecule has 0 bridgehead atoms. The zero-order valence-corrected chi connectivity index (χ0v) is 16.4. The number of nitrogens with zero attached hydrogens (tertiary/aromatic N) is 4. The predicted octanol–water partition coefficient (Wildman–Crippen LogP) is 2.33. The van der Waals surface area contributed by atoms with Gasteiger partial charge in [0.25, 0.3) is 0 Å². The molecule has 2 aromatic rings. The average molecular weight is 384 g/mol. The molecule has 0 amide bonds. The van der Waals surface area contributed by atoms with Gasteiger partial charge >= 0.3 is 5.97 Å². The second-order valence-corrected chi connectivity index (χ2v) is 7.80. The van der Waals surface area contributed by atoms with Crippen molar-refractivity contribution in [2.75, 3.05) is 44.3 Å². The Morgan fingerprint density at radius 1 is 1.18 bits per heavy atom. The van der Waals surface area contributed by atoms with E-state index in [-0.39, 0.29) is 6.42 Å². The minimum absolute atomic E-state index is 0.208. The Kier molecular flexibility index (Phi) is 5.73. The summed E-state index contributed by atoms with van der Waals surface area (Å²) >= 11 is 0. The Hall–Kier alpha value is -2.25. The Bertz CT molecular complexity index is 838. The highest BCUT2D eigenvalue weighted by Gasteiger charge is 2.35. The maximum absolute atomic E-state index is 11.2. The number of piperidine rings is 1. The lowest BCUT2D eigenvalue weighted by Gasteiger charge is -2.45. The van der Waals surface area contributed by atoms with E-state index in [0.29, 0.717) is 18.4 Å². The van der Waals surface area contributed by atoms with Crippen molar-refractivity contribution in [3.8, 4) is 0 Å². The number of carboxylic acid groups (broad SMARTS) is 1. The summed E-state index contributed by atoms with van der Waals surface area (Å²) in [6, 6.07) is 8.66. The second kappa shape index (κ2) is 8.41. The van der Waals surface area contributed by atoms with E-state index in [9.17, 15) is 9.90 Å². The van der Waals surface area contributed by atoms with Gasteiger partial charge in [0, 0.05) is 49.4 Å². The molecule has 0 spiro atoms. The van der Waals surface area contributed by atoms with Crippen molar-refractivity contribution < 1.29 is 14.6 Å². The molecule has 3 heterocycles. The zero-order valence-electron chi connectivity index (χ0n) is 16.4. The molecule has 4 rings (SSSR count). The van der Waals surface area contributed by atoms with Crippen molar-refractivity contribution in [2.24, 2.45) is 5.92 Å². The van der Waals surface area contributed by atoms with Gasteiger partial charge in [-0.25, -0.2) is 0 Å². The first-order valence-electron chi connectivity index (χ1n) is 10.1. The molecule has 7 heteroatoms. The minimum Gasteiger partial charge on any atom is -0.481 e. The SMILES string of the molecule is Cc1nnc(N2CC[C@H](N3CCOCC3)[C@H](CCC(=O)O)C2)c2ccccc12. The first-order valence-corrected chi connectivity index (χ1v) is 10.1. The predicted molar refractivity (Wildman–Crippen MR) is 108 cm³/mol. The molecule has 0 unspecified atom stereocenters. The number of aromatic nitrogens is 2. The highest BCUT2D eigenvalue weighted by molar-refractivity contribution is 5.93. The van der Waals surface area contributed by atoms with Crippen molar-refractivity contribution >= 4 is 22.6 Å². The lowest BCUT2D eigenvalue weighted by molar-refractivity contribution is -0.137. The number of hydrogen-bond donors (Lipinski definition) is 1. The number of ether oxygens (including phenoxy) is 1. The Balaban J connectivity index is 1.59. The molecule has 1 aromatic carbocycles. The topological polar surface area (TPSA) is 78.8 Å². The number of carbonyl (C=O) groups is 1. The molecule has 7 nitrogen and oxygen atoms in total. The monoisotopic (exact) mass is 384 g/mol. The summed E-state index contributed by atoms with van der Waals surface area (Å²) in [5, 5.41) is 20.4. The van der Waals surface area contributed by atoms with Gasteiger partial charge in [-0.2, -0.15) is 5.10 Å². The van der Waals surface area contributed by atoms with Gasteiger partial charge in [0.2, 0.25) is 0 Å². The fraction of sp³-hybridized carbons (Fsp3) is 0.571. The molecule has 2 atom stereocenters. The van der Waals surface area contributed by atoms with Crippen LogP contribution in [0.3, 0.4) is 0 Å². The van der Waals surface area contributed by atoms with Crippen LogP contribution in [0.15, 0.2) is 24.3 Å². The van der Waals surface area contributed by atoms with E-state index in [1.54, 1.807) is 0 Å². The molecular weight excluding hydrogens is 356 g/mol. The van der Waals surface area contributed by atoms with Gasteiger partial charge in [-0.1, -0.05) is 24.3 Å². The molecule has 2 aliphatic rings. The average Bonchev–Trinajstić information content (AvgIpc) is 2.73. The molecule has 1 N–H and O–H groups in total. The number of aliphatic carboxylic acids is 1.